The molecule has 3 heterocycles. The molecular weight excluding hydrogens is 398 g/mol. The highest BCUT2D eigenvalue weighted by atomic mass is 16.5. The Hall–Kier alpha value is -4.33. The van der Waals surface area contributed by atoms with Crippen LogP contribution in [0.25, 0.3) is 11.5 Å². The monoisotopic (exact) mass is 415 g/mol. The van der Waals surface area contributed by atoms with E-state index in [0.29, 0.717) is 28.5 Å². The molecule has 4 rings (SSSR count). The van der Waals surface area contributed by atoms with Crippen molar-refractivity contribution in [1.82, 2.24) is 15.0 Å². The van der Waals surface area contributed by atoms with Crippen molar-refractivity contribution >= 4 is 11.9 Å². The number of hydrogen-bond donors (Lipinski definition) is 0. The number of rotatable bonds is 7. The number of aromatic nitrogens is 3. The van der Waals surface area contributed by atoms with Gasteiger partial charge in [-0.15, -0.1) is 0 Å². The van der Waals surface area contributed by atoms with E-state index in [2.05, 4.69) is 15.0 Å². The highest BCUT2D eigenvalue weighted by molar-refractivity contribution is 5.89. The third-order valence-corrected chi connectivity index (χ3v) is 4.31. The fourth-order valence-corrected chi connectivity index (χ4v) is 2.72. The Morgan fingerprint density at radius 2 is 1.29 bits per heavy atom. The number of pyridine rings is 2. The number of hydrogen-bond acceptors (Lipinski definition) is 8. The standard InChI is InChI=1S/C23H17N3O5/c27-22(17-6-10-24-11-7-17)29-14-19-20(15-30-23(28)18-8-12-25-13-9-18)31-21(26-19)16-4-2-1-3-5-16/h1-13H,14-15H2. The lowest BCUT2D eigenvalue weighted by atomic mass is 10.2. The van der Waals surface area contributed by atoms with Crippen molar-refractivity contribution in [2.45, 2.75) is 13.2 Å². The lowest BCUT2D eigenvalue weighted by Crippen LogP contribution is -2.09. The minimum atomic E-state index is -0.528. The van der Waals surface area contributed by atoms with E-state index in [0.717, 1.165) is 5.56 Å². The van der Waals surface area contributed by atoms with Crippen LogP contribution >= 0.6 is 0 Å². The molecule has 1 aromatic carbocycles. The maximum Gasteiger partial charge on any atom is 0.338 e. The zero-order chi connectivity index (χ0) is 21.5. The molecule has 0 fully saturated rings. The van der Waals surface area contributed by atoms with Crippen molar-refractivity contribution in [2.24, 2.45) is 0 Å². The lowest BCUT2D eigenvalue weighted by molar-refractivity contribution is 0.0412. The molecule has 31 heavy (non-hydrogen) atoms. The summed E-state index contributed by atoms with van der Waals surface area (Å²) in [6.07, 6.45) is 6.01. The quantitative estimate of drug-likeness (QED) is 0.419. The van der Waals surface area contributed by atoms with E-state index in [1.165, 1.54) is 24.8 Å². The first-order chi connectivity index (χ1) is 15.2. The van der Waals surface area contributed by atoms with Gasteiger partial charge in [-0.2, -0.15) is 0 Å². The van der Waals surface area contributed by atoms with Gasteiger partial charge in [0.25, 0.3) is 0 Å². The molecule has 0 radical (unpaired) electrons. The Labute approximate surface area is 177 Å². The van der Waals surface area contributed by atoms with Crippen LogP contribution in [0.3, 0.4) is 0 Å². The molecule has 0 aliphatic carbocycles. The van der Waals surface area contributed by atoms with E-state index in [-0.39, 0.29) is 13.2 Å². The lowest BCUT2D eigenvalue weighted by Gasteiger charge is -2.05. The van der Waals surface area contributed by atoms with Crippen LogP contribution in [-0.4, -0.2) is 26.9 Å². The molecule has 4 aromatic rings. The maximum absolute atomic E-state index is 12.3. The van der Waals surface area contributed by atoms with Crippen molar-refractivity contribution in [2.75, 3.05) is 0 Å². The molecule has 0 aliphatic rings. The Bertz CT molecular complexity index is 1090. The van der Waals surface area contributed by atoms with Crippen molar-refractivity contribution in [1.29, 1.82) is 0 Å². The number of carbonyl (C=O) groups excluding carboxylic acids is 2. The minimum absolute atomic E-state index is 0.139. The van der Waals surface area contributed by atoms with Crippen LogP contribution < -0.4 is 0 Å². The van der Waals surface area contributed by atoms with Gasteiger partial charge in [-0.05, 0) is 36.4 Å². The molecular formula is C23H17N3O5. The van der Waals surface area contributed by atoms with Gasteiger partial charge in [-0.1, -0.05) is 18.2 Å². The molecule has 0 atom stereocenters. The average Bonchev–Trinajstić information content (AvgIpc) is 3.25. The van der Waals surface area contributed by atoms with Crippen LogP contribution in [0.15, 0.2) is 83.8 Å². The van der Waals surface area contributed by atoms with Crippen LogP contribution in [0.1, 0.15) is 32.2 Å². The Balaban J connectivity index is 1.52. The van der Waals surface area contributed by atoms with E-state index in [9.17, 15) is 9.59 Å². The Morgan fingerprint density at radius 1 is 0.742 bits per heavy atom. The molecule has 0 N–H and O–H groups in total. The van der Waals surface area contributed by atoms with E-state index in [1.807, 2.05) is 30.3 Å². The predicted octanol–water partition coefficient (Wildman–Crippen LogP) is 3.85. The summed E-state index contributed by atoms with van der Waals surface area (Å²) < 4.78 is 16.5. The van der Waals surface area contributed by atoms with Gasteiger partial charge >= 0.3 is 11.9 Å². The summed E-state index contributed by atoms with van der Waals surface area (Å²) in [5.74, 6) is -0.416. The van der Waals surface area contributed by atoms with Gasteiger partial charge in [0.15, 0.2) is 12.4 Å². The number of carbonyl (C=O) groups is 2. The van der Waals surface area contributed by atoms with Gasteiger partial charge in [0.05, 0.1) is 11.1 Å². The summed E-state index contributed by atoms with van der Waals surface area (Å²) in [6.45, 7) is -0.303. The van der Waals surface area contributed by atoms with E-state index in [1.54, 1.807) is 24.3 Å². The molecule has 0 unspecified atom stereocenters. The SMILES string of the molecule is O=C(OCc1nc(-c2ccccc2)oc1COC(=O)c1ccncc1)c1ccncc1. The van der Waals surface area contributed by atoms with Gasteiger partial charge in [-0.25, -0.2) is 14.6 Å². The molecule has 0 saturated heterocycles. The molecule has 8 heteroatoms. The normalized spacial score (nSPS) is 10.5. The Kier molecular flexibility index (Phi) is 6.08. The van der Waals surface area contributed by atoms with E-state index < -0.39 is 11.9 Å². The topological polar surface area (TPSA) is 104 Å². The number of nitrogens with zero attached hydrogens (tertiary/aromatic N) is 3. The zero-order valence-corrected chi connectivity index (χ0v) is 16.3. The summed E-state index contributed by atoms with van der Waals surface area (Å²) in [4.78, 5) is 36.7. The number of esters is 2. The van der Waals surface area contributed by atoms with E-state index >= 15 is 0 Å². The summed E-state index contributed by atoms with van der Waals surface area (Å²) in [5, 5.41) is 0. The molecule has 8 nitrogen and oxygen atoms in total. The second kappa shape index (κ2) is 9.45. The van der Waals surface area contributed by atoms with Crippen LogP contribution in [0.2, 0.25) is 0 Å². The highest BCUT2D eigenvalue weighted by Gasteiger charge is 2.19. The summed E-state index contributed by atoms with van der Waals surface area (Å²) >= 11 is 0. The number of benzene rings is 1. The number of ether oxygens (including phenoxy) is 2. The van der Waals surface area contributed by atoms with Crippen molar-refractivity contribution < 1.29 is 23.5 Å². The second-order valence-corrected chi connectivity index (χ2v) is 6.38. The largest absolute Gasteiger partial charge is 0.455 e. The molecule has 0 spiro atoms. The van der Waals surface area contributed by atoms with E-state index in [4.69, 9.17) is 13.9 Å². The first-order valence-corrected chi connectivity index (χ1v) is 9.39. The molecule has 0 aliphatic heterocycles. The summed E-state index contributed by atoms with van der Waals surface area (Å²) in [5.41, 5.74) is 1.84. The second-order valence-electron chi connectivity index (χ2n) is 6.38. The molecule has 3 aromatic heterocycles. The van der Waals surface area contributed by atoms with Crippen LogP contribution in [0, 0.1) is 0 Å². The van der Waals surface area contributed by atoms with Gasteiger partial charge in [0.2, 0.25) is 5.89 Å². The molecule has 154 valence electrons. The minimum Gasteiger partial charge on any atom is -0.455 e. The fourth-order valence-electron chi connectivity index (χ4n) is 2.72. The summed E-state index contributed by atoms with van der Waals surface area (Å²) in [6, 6.07) is 15.5. The summed E-state index contributed by atoms with van der Waals surface area (Å²) in [7, 11) is 0. The predicted molar refractivity (Wildman–Crippen MR) is 109 cm³/mol. The maximum atomic E-state index is 12.3. The van der Waals surface area contributed by atoms with Gasteiger partial charge in [0, 0.05) is 30.4 Å². The average molecular weight is 415 g/mol. The first kappa shape index (κ1) is 20.0. The molecule has 0 amide bonds. The highest BCUT2D eigenvalue weighted by Crippen LogP contribution is 2.23. The van der Waals surface area contributed by atoms with Crippen molar-refractivity contribution in [3.63, 3.8) is 0 Å². The van der Waals surface area contributed by atoms with Crippen LogP contribution in [-0.2, 0) is 22.7 Å². The van der Waals surface area contributed by atoms with Crippen molar-refractivity contribution in [3.05, 3.63) is 102 Å². The van der Waals surface area contributed by atoms with Crippen LogP contribution in [0.4, 0.5) is 0 Å². The number of oxazole rings is 1. The van der Waals surface area contributed by atoms with Crippen molar-refractivity contribution in [3.8, 4) is 11.5 Å². The third kappa shape index (κ3) is 4.99. The van der Waals surface area contributed by atoms with Gasteiger partial charge < -0.3 is 13.9 Å². The van der Waals surface area contributed by atoms with Crippen LogP contribution in [0.5, 0.6) is 0 Å². The molecule has 0 saturated carbocycles. The third-order valence-electron chi connectivity index (χ3n) is 4.31. The van der Waals surface area contributed by atoms with Gasteiger partial charge in [0.1, 0.15) is 12.3 Å². The smallest absolute Gasteiger partial charge is 0.338 e. The van der Waals surface area contributed by atoms with Gasteiger partial charge in [-0.3, -0.25) is 9.97 Å². The Morgan fingerprint density at radius 3 is 1.87 bits per heavy atom. The fraction of sp³-hybridized carbons (Fsp3) is 0.0870. The molecule has 0 bridgehead atoms. The zero-order valence-electron chi connectivity index (χ0n) is 16.3. The first-order valence-electron chi connectivity index (χ1n) is 9.39.